The molecular formula is C7H16N2O. The van der Waals surface area contributed by atoms with Crippen molar-refractivity contribution >= 4 is 0 Å². The van der Waals surface area contributed by atoms with Gasteiger partial charge < -0.3 is 5.11 Å². The Morgan fingerprint density at radius 3 is 2.60 bits per heavy atom. The third-order valence-electron chi connectivity index (χ3n) is 2.44. The van der Waals surface area contributed by atoms with Gasteiger partial charge in [-0.2, -0.15) is 0 Å². The fraction of sp³-hybridized carbons (Fsp3) is 1.00. The van der Waals surface area contributed by atoms with Crippen molar-refractivity contribution in [3.8, 4) is 0 Å². The minimum atomic E-state index is -0.397. The lowest BCUT2D eigenvalue weighted by atomic mass is 9.99. The zero-order valence-electron chi connectivity index (χ0n) is 6.89. The maximum atomic E-state index is 9.45. The van der Waals surface area contributed by atoms with E-state index in [9.17, 15) is 5.11 Å². The molecule has 0 amide bonds. The first-order valence-corrected chi connectivity index (χ1v) is 3.68. The van der Waals surface area contributed by atoms with Gasteiger partial charge in [0.2, 0.25) is 0 Å². The van der Waals surface area contributed by atoms with Gasteiger partial charge in [0, 0.05) is 13.1 Å². The van der Waals surface area contributed by atoms with Gasteiger partial charge in [0.25, 0.3) is 0 Å². The molecule has 0 radical (unpaired) electrons. The number of hydrogen-bond acceptors (Lipinski definition) is 3. The van der Waals surface area contributed by atoms with Crippen molar-refractivity contribution in [2.24, 2.45) is 0 Å². The molecule has 10 heavy (non-hydrogen) atoms. The van der Waals surface area contributed by atoms with Crippen LogP contribution in [0.3, 0.4) is 0 Å². The summed E-state index contributed by atoms with van der Waals surface area (Å²) in [6.45, 7) is 5.94. The second-order valence-electron chi connectivity index (χ2n) is 3.43. The van der Waals surface area contributed by atoms with E-state index in [0.29, 0.717) is 0 Å². The predicted octanol–water partition coefficient (Wildman–Crippen LogP) is -0.382. The van der Waals surface area contributed by atoms with E-state index in [0.717, 1.165) is 13.1 Å². The van der Waals surface area contributed by atoms with Gasteiger partial charge in [-0.05, 0) is 20.9 Å². The highest BCUT2D eigenvalue weighted by Gasteiger charge is 2.34. The van der Waals surface area contributed by atoms with Gasteiger partial charge in [-0.15, -0.1) is 0 Å². The van der Waals surface area contributed by atoms with Gasteiger partial charge in [0.05, 0.1) is 5.54 Å². The van der Waals surface area contributed by atoms with E-state index < -0.39 is 6.23 Å². The summed E-state index contributed by atoms with van der Waals surface area (Å²) < 4.78 is 0. The molecule has 60 valence electrons. The Bertz CT molecular complexity index is 113. The number of aliphatic hydroxyl groups excluding tert-OH is 1. The summed E-state index contributed by atoms with van der Waals surface area (Å²) in [5.74, 6) is 0. The van der Waals surface area contributed by atoms with Crippen LogP contribution in [0.5, 0.6) is 0 Å². The largest absolute Gasteiger partial charge is 0.377 e. The van der Waals surface area contributed by atoms with Crippen molar-refractivity contribution < 1.29 is 5.11 Å². The highest BCUT2D eigenvalue weighted by molar-refractivity contribution is 4.89. The Labute approximate surface area is 62.0 Å². The number of rotatable bonds is 0. The number of hydrogen-bond donors (Lipinski definition) is 2. The molecule has 2 N–H and O–H groups in total. The minimum absolute atomic E-state index is 0.127. The van der Waals surface area contributed by atoms with Crippen LogP contribution in [0.2, 0.25) is 0 Å². The van der Waals surface area contributed by atoms with E-state index in [-0.39, 0.29) is 5.54 Å². The Balaban J connectivity index is 2.63. The van der Waals surface area contributed by atoms with Crippen molar-refractivity contribution in [1.82, 2.24) is 10.2 Å². The van der Waals surface area contributed by atoms with Crippen LogP contribution in [0.15, 0.2) is 0 Å². The molecule has 0 aromatic rings. The highest BCUT2D eigenvalue weighted by atomic mass is 16.3. The lowest BCUT2D eigenvalue weighted by Gasteiger charge is -2.43. The van der Waals surface area contributed by atoms with Gasteiger partial charge in [-0.1, -0.05) is 0 Å². The standard InChI is InChI=1S/C7H16N2O/c1-7(2)6(10)8-4-5-9(7)3/h6,8,10H,4-5H2,1-3H3. The van der Waals surface area contributed by atoms with Crippen molar-refractivity contribution in [3.05, 3.63) is 0 Å². The molecule has 1 atom stereocenters. The lowest BCUT2D eigenvalue weighted by Crippen LogP contribution is -2.62. The molecule has 1 heterocycles. The van der Waals surface area contributed by atoms with Crippen LogP contribution < -0.4 is 5.32 Å². The normalized spacial score (nSPS) is 34.2. The number of nitrogens with zero attached hydrogens (tertiary/aromatic N) is 1. The molecule has 1 aliphatic rings. The molecule has 1 saturated heterocycles. The molecule has 3 heteroatoms. The SMILES string of the molecule is CN1CCNC(O)C1(C)C. The monoisotopic (exact) mass is 144 g/mol. The van der Waals surface area contributed by atoms with E-state index in [1.807, 2.05) is 20.9 Å². The second-order valence-corrected chi connectivity index (χ2v) is 3.43. The molecule has 1 aliphatic heterocycles. The topological polar surface area (TPSA) is 35.5 Å². The molecule has 3 nitrogen and oxygen atoms in total. The highest BCUT2D eigenvalue weighted by Crippen LogP contribution is 2.17. The van der Waals surface area contributed by atoms with Gasteiger partial charge >= 0.3 is 0 Å². The first kappa shape index (κ1) is 7.98. The average Bonchev–Trinajstić information content (AvgIpc) is 1.84. The van der Waals surface area contributed by atoms with Crippen LogP contribution in [0.1, 0.15) is 13.8 Å². The molecule has 0 bridgehead atoms. The van der Waals surface area contributed by atoms with Crippen molar-refractivity contribution in [2.45, 2.75) is 25.6 Å². The van der Waals surface area contributed by atoms with Crippen LogP contribution >= 0.6 is 0 Å². The summed E-state index contributed by atoms with van der Waals surface area (Å²) in [5.41, 5.74) is -0.127. The molecule has 1 fully saturated rings. The third-order valence-corrected chi connectivity index (χ3v) is 2.44. The van der Waals surface area contributed by atoms with Crippen molar-refractivity contribution in [1.29, 1.82) is 0 Å². The zero-order valence-corrected chi connectivity index (χ0v) is 6.89. The van der Waals surface area contributed by atoms with E-state index in [1.165, 1.54) is 0 Å². The first-order chi connectivity index (χ1) is 4.55. The number of piperazine rings is 1. The number of aliphatic hydroxyl groups is 1. The summed E-state index contributed by atoms with van der Waals surface area (Å²) in [5, 5.41) is 12.5. The van der Waals surface area contributed by atoms with E-state index >= 15 is 0 Å². The maximum absolute atomic E-state index is 9.45. The summed E-state index contributed by atoms with van der Waals surface area (Å²) in [6.07, 6.45) is -0.397. The Kier molecular flexibility index (Phi) is 1.99. The van der Waals surface area contributed by atoms with Gasteiger partial charge in [0.1, 0.15) is 6.23 Å². The smallest absolute Gasteiger partial charge is 0.122 e. The summed E-state index contributed by atoms with van der Waals surface area (Å²) in [6, 6.07) is 0. The van der Waals surface area contributed by atoms with Crippen LogP contribution in [0.25, 0.3) is 0 Å². The molecule has 0 saturated carbocycles. The Morgan fingerprint density at radius 2 is 2.20 bits per heavy atom. The second kappa shape index (κ2) is 2.49. The first-order valence-electron chi connectivity index (χ1n) is 3.68. The van der Waals surface area contributed by atoms with Gasteiger partial charge in [0.15, 0.2) is 0 Å². The fourth-order valence-electron chi connectivity index (χ4n) is 1.12. The van der Waals surface area contributed by atoms with Gasteiger partial charge in [-0.3, -0.25) is 10.2 Å². The van der Waals surface area contributed by atoms with Crippen LogP contribution in [0.4, 0.5) is 0 Å². The molecule has 1 unspecified atom stereocenters. The molecule has 0 spiro atoms. The number of nitrogens with one attached hydrogen (secondary N) is 1. The van der Waals surface area contributed by atoms with Crippen molar-refractivity contribution in [2.75, 3.05) is 20.1 Å². The quantitative estimate of drug-likeness (QED) is 0.486. The molecular weight excluding hydrogens is 128 g/mol. The molecule has 0 aromatic carbocycles. The maximum Gasteiger partial charge on any atom is 0.122 e. The minimum Gasteiger partial charge on any atom is -0.377 e. The van der Waals surface area contributed by atoms with Crippen molar-refractivity contribution in [3.63, 3.8) is 0 Å². The summed E-state index contributed by atoms with van der Waals surface area (Å²) >= 11 is 0. The zero-order chi connectivity index (χ0) is 7.78. The summed E-state index contributed by atoms with van der Waals surface area (Å²) in [7, 11) is 2.03. The van der Waals surface area contributed by atoms with E-state index in [4.69, 9.17) is 0 Å². The number of likely N-dealkylation sites (N-methyl/N-ethyl adjacent to an activating group) is 1. The average molecular weight is 144 g/mol. The molecule has 0 aliphatic carbocycles. The third kappa shape index (κ3) is 1.17. The Hall–Kier alpha value is -0.120. The summed E-state index contributed by atoms with van der Waals surface area (Å²) in [4.78, 5) is 2.16. The van der Waals surface area contributed by atoms with E-state index in [2.05, 4.69) is 10.2 Å². The van der Waals surface area contributed by atoms with E-state index in [1.54, 1.807) is 0 Å². The lowest BCUT2D eigenvalue weighted by molar-refractivity contribution is -0.0429. The fourth-order valence-corrected chi connectivity index (χ4v) is 1.12. The predicted molar refractivity (Wildman–Crippen MR) is 40.7 cm³/mol. The van der Waals surface area contributed by atoms with Crippen LogP contribution in [-0.2, 0) is 0 Å². The van der Waals surface area contributed by atoms with Crippen LogP contribution in [-0.4, -0.2) is 41.9 Å². The van der Waals surface area contributed by atoms with Gasteiger partial charge in [-0.25, -0.2) is 0 Å². The molecule has 0 aromatic heterocycles. The molecule has 1 rings (SSSR count). The Morgan fingerprint density at radius 1 is 1.60 bits per heavy atom. The van der Waals surface area contributed by atoms with Crippen LogP contribution in [0, 0.1) is 0 Å².